The van der Waals surface area contributed by atoms with Crippen LogP contribution in [0.5, 0.6) is 5.75 Å². The third-order valence-corrected chi connectivity index (χ3v) is 4.28. The topological polar surface area (TPSA) is 102 Å². The molecule has 0 bridgehead atoms. The Morgan fingerprint density at radius 1 is 1.25 bits per heavy atom. The van der Waals surface area contributed by atoms with Crippen molar-refractivity contribution in [3.05, 3.63) is 72.1 Å². The maximum Gasteiger partial charge on any atom is 0.147 e. The molecule has 0 amide bonds. The van der Waals surface area contributed by atoms with Gasteiger partial charge in [-0.25, -0.2) is 5.10 Å². The van der Waals surface area contributed by atoms with Gasteiger partial charge in [0.15, 0.2) is 0 Å². The SMILES string of the molecule is C=C(C)NCc1cc2cc(COc3cccc(-c4nn[nH]c4N)c3)ccc2o1. The number of aromatic amines is 1. The number of nitrogens with zero attached hydrogens (tertiary/aromatic N) is 2. The first-order valence-corrected chi connectivity index (χ1v) is 8.89. The van der Waals surface area contributed by atoms with Crippen LogP contribution in [0.15, 0.2) is 65.2 Å². The lowest BCUT2D eigenvalue weighted by Gasteiger charge is -2.07. The van der Waals surface area contributed by atoms with Crippen LogP contribution in [0.1, 0.15) is 18.2 Å². The van der Waals surface area contributed by atoms with Crippen LogP contribution < -0.4 is 15.8 Å². The van der Waals surface area contributed by atoms with E-state index >= 15 is 0 Å². The van der Waals surface area contributed by atoms with Crippen molar-refractivity contribution < 1.29 is 9.15 Å². The van der Waals surface area contributed by atoms with E-state index < -0.39 is 0 Å². The number of furan rings is 1. The Bertz CT molecular complexity index is 1130. The van der Waals surface area contributed by atoms with Gasteiger partial charge in [0.05, 0.1) is 6.54 Å². The number of nitrogens with one attached hydrogen (secondary N) is 2. The predicted molar refractivity (Wildman–Crippen MR) is 108 cm³/mol. The predicted octanol–water partition coefficient (Wildman–Crippen LogP) is 4.00. The molecule has 0 spiro atoms. The number of hydrogen-bond acceptors (Lipinski definition) is 6. The van der Waals surface area contributed by atoms with Crippen LogP contribution in [0, 0.1) is 0 Å². The van der Waals surface area contributed by atoms with Gasteiger partial charge in [-0.05, 0) is 42.8 Å². The van der Waals surface area contributed by atoms with Crippen molar-refractivity contribution in [2.45, 2.75) is 20.1 Å². The lowest BCUT2D eigenvalue weighted by Crippen LogP contribution is -2.08. The minimum Gasteiger partial charge on any atom is -0.489 e. The standard InChI is InChI=1S/C21H21N5O2/c1-13(2)23-11-18-10-16-8-14(6-7-19(16)28-18)12-27-17-5-3-4-15(9-17)20-21(22)25-26-24-20/h3-10,23H,1,11-12H2,2H3,(H3,22,24,25,26). The lowest BCUT2D eigenvalue weighted by molar-refractivity contribution is 0.306. The lowest BCUT2D eigenvalue weighted by atomic mass is 10.1. The normalized spacial score (nSPS) is 10.9. The van der Waals surface area contributed by atoms with E-state index in [-0.39, 0.29) is 0 Å². The van der Waals surface area contributed by atoms with Crippen LogP contribution in [0.25, 0.3) is 22.2 Å². The van der Waals surface area contributed by atoms with E-state index in [2.05, 4.69) is 33.4 Å². The van der Waals surface area contributed by atoms with Gasteiger partial charge in [0.1, 0.15) is 35.2 Å². The first-order chi connectivity index (χ1) is 13.6. The highest BCUT2D eigenvalue weighted by atomic mass is 16.5. The van der Waals surface area contributed by atoms with Crippen molar-refractivity contribution in [1.82, 2.24) is 20.7 Å². The van der Waals surface area contributed by atoms with Crippen LogP contribution in [0.2, 0.25) is 0 Å². The molecule has 0 saturated carbocycles. The van der Waals surface area contributed by atoms with Crippen molar-refractivity contribution in [2.24, 2.45) is 0 Å². The number of fused-ring (bicyclic) bond motifs is 1. The zero-order chi connectivity index (χ0) is 19.5. The Labute approximate surface area is 162 Å². The van der Waals surface area contributed by atoms with Gasteiger partial charge in [-0.15, -0.1) is 5.10 Å². The number of benzene rings is 2. The molecular formula is C21H21N5O2. The first kappa shape index (κ1) is 17.7. The highest BCUT2D eigenvalue weighted by molar-refractivity contribution is 5.78. The molecule has 0 aliphatic heterocycles. The smallest absolute Gasteiger partial charge is 0.147 e. The van der Waals surface area contributed by atoms with Crippen molar-refractivity contribution >= 4 is 16.8 Å². The highest BCUT2D eigenvalue weighted by Gasteiger charge is 2.09. The minimum atomic E-state index is 0.430. The summed E-state index contributed by atoms with van der Waals surface area (Å²) in [6.45, 7) is 6.82. The molecule has 142 valence electrons. The van der Waals surface area contributed by atoms with Crippen LogP contribution in [0.4, 0.5) is 5.82 Å². The molecule has 28 heavy (non-hydrogen) atoms. The fourth-order valence-corrected chi connectivity index (χ4v) is 2.91. The van der Waals surface area contributed by atoms with E-state index in [0.29, 0.717) is 24.7 Å². The number of hydrogen-bond donors (Lipinski definition) is 3. The Morgan fingerprint density at radius 3 is 2.93 bits per heavy atom. The number of ether oxygens (including phenoxy) is 1. The Balaban J connectivity index is 1.47. The molecule has 2 heterocycles. The second kappa shape index (κ2) is 7.48. The number of rotatable bonds is 7. The zero-order valence-electron chi connectivity index (χ0n) is 15.5. The molecule has 7 nitrogen and oxygen atoms in total. The van der Waals surface area contributed by atoms with Gasteiger partial charge in [-0.3, -0.25) is 0 Å². The fraction of sp³-hybridized carbons (Fsp3) is 0.143. The molecule has 2 aromatic carbocycles. The maximum atomic E-state index is 5.95. The quantitative estimate of drug-likeness (QED) is 0.451. The number of H-pyrrole nitrogens is 1. The number of aromatic nitrogens is 3. The highest BCUT2D eigenvalue weighted by Crippen LogP contribution is 2.26. The van der Waals surface area contributed by atoms with Gasteiger partial charge in [-0.1, -0.05) is 30.0 Å². The Hall–Kier alpha value is -3.74. The molecule has 0 aliphatic carbocycles. The number of nitrogens with two attached hydrogens (primary N) is 1. The van der Waals surface area contributed by atoms with Gasteiger partial charge in [0, 0.05) is 16.6 Å². The average molecular weight is 375 g/mol. The second-order valence-electron chi connectivity index (χ2n) is 6.61. The van der Waals surface area contributed by atoms with Crippen molar-refractivity contribution in [1.29, 1.82) is 0 Å². The van der Waals surface area contributed by atoms with Crippen LogP contribution in [-0.4, -0.2) is 15.4 Å². The Morgan fingerprint density at radius 2 is 2.14 bits per heavy atom. The average Bonchev–Trinajstić information content (AvgIpc) is 3.30. The van der Waals surface area contributed by atoms with Crippen LogP contribution in [0.3, 0.4) is 0 Å². The summed E-state index contributed by atoms with van der Waals surface area (Å²) in [6.07, 6.45) is 0. The van der Waals surface area contributed by atoms with Crippen LogP contribution >= 0.6 is 0 Å². The van der Waals surface area contributed by atoms with Gasteiger partial charge in [0.2, 0.25) is 0 Å². The van der Waals surface area contributed by atoms with Crippen molar-refractivity contribution in [2.75, 3.05) is 5.73 Å². The minimum absolute atomic E-state index is 0.430. The van der Waals surface area contributed by atoms with E-state index in [1.807, 2.05) is 49.4 Å². The van der Waals surface area contributed by atoms with Crippen molar-refractivity contribution in [3.8, 4) is 17.0 Å². The van der Waals surface area contributed by atoms with E-state index in [1.165, 1.54) is 0 Å². The number of nitrogen functional groups attached to an aromatic ring is 1. The summed E-state index contributed by atoms with van der Waals surface area (Å²) >= 11 is 0. The Kier molecular flexibility index (Phi) is 4.72. The fourth-order valence-electron chi connectivity index (χ4n) is 2.91. The third-order valence-electron chi connectivity index (χ3n) is 4.28. The molecule has 0 aliphatic rings. The monoisotopic (exact) mass is 375 g/mol. The van der Waals surface area contributed by atoms with Crippen LogP contribution in [-0.2, 0) is 13.2 Å². The van der Waals surface area contributed by atoms with Gasteiger partial charge >= 0.3 is 0 Å². The summed E-state index contributed by atoms with van der Waals surface area (Å²) in [7, 11) is 0. The molecular weight excluding hydrogens is 354 g/mol. The van der Waals surface area contributed by atoms with E-state index in [1.54, 1.807) is 0 Å². The molecule has 4 aromatic rings. The first-order valence-electron chi connectivity index (χ1n) is 8.89. The zero-order valence-corrected chi connectivity index (χ0v) is 15.5. The maximum absolute atomic E-state index is 5.95. The number of allylic oxidation sites excluding steroid dienone is 1. The molecule has 0 fully saturated rings. The van der Waals surface area contributed by atoms with E-state index in [4.69, 9.17) is 14.9 Å². The van der Waals surface area contributed by atoms with Gasteiger partial charge < -0.3 is 20.2 Å². The summed E-state index contributed by atoms with van der Waals surface area (Å²) < 4.78 is 11.8. The summed E-state index contributed by atoms with van der Waals surface area (Å²) in [6, 6.07) is 15.7. The largest absolute Gasteiger partial charge is 0.489 e. The molecule has 2 aromatic heterocycles. The van der Waals surface area contributed by atoms with E-state index in [9.17, 15) is 0 Å². The number of anilines is 1. The summed E-state index contributed by atoms with van der Waals surface area (Å²) in [5.41, 5.74) is 10.1. The molecule has 7 heteroatoms. The molecule has 4 N–H and O–H groups in total. The molecule has 0 unspecified atom stereocenters. The summed E-state index contributed by atoms with van der Waals surface area (Å²) in [4.78, 5) is 0. The summed E-state index contributed by atoms with van der Waals surface area (Å²) in [5.74, 6) is 2.03. The molecule has 0 saturated heterocycles. The third kappa shape index (κ3) is 3.83. The van der Waals surface area contributed by atoms with Gasteiger partial charge in [0.25, 0.3) is 0 Å². The molecule has 0 atom stereocenters. The molecule has 4 rings (SSSR count). The van der Waals surface area contributed by atoms with Gasteiger partial charge in [-0.2, -0.15) is 0 Å². The van der Waals surface area contributed by atoms with Crippen molar-refractivity contribution in [3.63, 3.8) is 0 Å². The second-order valence-corrected chi connectivity index (χ2v) is 6.61. The summed E-state index contributed by atoms with van der Waals surface area (Å²) in [5, 5.41) is 14.6. The van der Waals surface area contributed by atoms with E-state index in [0.717, 1.165) is 39.3 Å². The molecule has 0 radical (unpaired) electrons.